The minimum absolute atomic E-state index is 0.234. The van der Waals surface area contributed by atoms with E-state index in [9.17, 15) is 9.90 Å². The van der Waals surface area contributed by atoms with Crippen molar-refractivity contribution in [2.75, 3.05) is 7.11 Å². The molecule has 0 spiro atoms. The Morgan fingerprint density at radius 3 is 2.81 bits per heavy atom. The molecular weight excluding hydrogens is 379 g/mol. The van der Waals surface area contributed by atoms with Gasteiger partial charge in [0.05, 0.1) is 12.5 Å². The van der Waals surface area contributed by atoms with E-state index in [0.29, 0.717) is 12.8 Å². The van der Waals surface area contributed by atoms with Crippen molar-refractivity contribution in [3.63, 3.8) is 0 Å². The number of aliphatic hydroxyl groups excluding tert-OH is 1. The van der Waals surface area contributed by atoms with Crippen LogP contribution in [0.3, 0.4) is 0 Å². The van der Waals surface area contributed by atoms with Crippen LogP contribution in [-0.4, -0.2) is 24.3 Å². The van der Waals surface area contributed by atoms with Crippen molar-refractivity contribution in [1.29, 1.82) is 0 Å². The number of benzene rings is 1. The summed E-state index contributed by atoms with van der Waals surface area (Å²) in [5.74, 6) is 2.06. The molecule has 1 aromatic rings. The highest BCUT2D eigenvalue weighted by Gasteiger charge is 2.35. The lowest BCUT2D eigenvalue weighted by molar-refractivity contribution is -0.147. The van der Waals surface area contributed by atoms with E-state index in [-0.39, 0.29) is 5.97 Å². The number of ether oxygens (including phenoxy) is 1. The Balaban J connectivity index is 2.81. The summed E-state index contributed by atoms with van der Waals surface area (Å²) in [6.07, 6.45) is 7.24. The number of carbonyl (C=O) groups is 1. The van der Waals surface area contributed by atoms with Gasteiger partial charge >= 0.3 is 5.97 Å². The van der Waals surface area contributed by atoms with Crippen LogP contribution in [0.25, 0.3) is 0 Å². The minimum Gasteiger partial charge on any atom is -0.468 e. The van der Waals surface area contributed by atoms with Crippen molar-refractivity contribution in [3.05, 3.63) is 33.4 Å². The lowest BCUT2D eigenvalue weighted by Gasteiger charge is -2.27. The summed E-state index contributed by atoms with van der Waals surface area (Å²) in [5.41, 5.74) is 0.288. The van der Waals surface area contributed by atoms with Crippen LogP contribution in [0.2, 0.25) is 0 Å². The molecule has 0 fully saturated rings. The zero-order valence-corrected chi connectivity index (χ0v) is 14.6. The zero-order chi connectivity index (χ0) is 15.9. The smallest absolute Gasteiger partial charge is 0.315 e. The van der Waals surface area contributed by atoms with Crippen LogP contribution in [-0.2, 0) is 14.9 Å². The summed E-state index contributed by atoms with van der Waals surface area (Å²) in [7, 11) is 1.41. The van der Waals surface area contributed by atoms with E-state index in [1.807, 2.05) is 31.2 Å². The first-order valence-corrected chi connectivity index (χ1v) is 8.00. The SMILES string of the molecule is C#CC(O)CCCCC(C)(C(=O)OC)c1cccc(I)c1. The van der Waals surface area contributed by atoms with E-state index in [0.717, 1.165) is 22.0 Å². The van der Waals surface area contributed by atoms with Crippen molar-refractivity contribution >= 4 is 28.6 Å². The van der Waals surface area contributed by atoms with Crippen LogP contribution in [0.15, 0.2) is 24.3 Å². The highest BCUT2D eigenvalue weighted by atomic mass is 127. The number of halogens is 1. The summed E-state index contributed by atoms with van der Waals surface area (Å²) in [4.78, 5) is 12.2. The molecule has 0 aliphatic heterocycles. The second-order valence-electron chi connectivity index (χ2n) is 5.26. The van der Waals surface area contributed by atoms with Gasteiger partial charge in [0.2, 0.25) is 0 Å². The molecule has 3 nitrogen and oxygen atoms in total. The molecule has 0 heterocycles. The summed E-state index contributed by atoms with van der Waals surface area (Å²) in [6, 6.07) is 7.90. The van der Waals surface area contributed by atoms with Gasteiger partial charge in [-0.2, -0.15) is 0 Å². The lowest BCUT2D eigenvalue weighted by Crippen LogP contribution is -2.34. The van der Waals surface area contributed by atoms with Crippen molar-refractivity contribution in [2.45, 2.75) is 44.1 Å². The fourth-order valence-corrected chi connectivity index (χ4v) is 2.86. The van der Waals surface area contributed by atoms with Gasteiger partial charge in [-0.05, 0) is 66.5 Å². The van der Waals surface area contributed by atoms with Gasteiger partial charge in [-0.15, -0.1) is 6.42 Å². The summed E-state index contributed by atoms with van der Waals surface area (Å²) in [5, 5.41) is 9.37. The Labute approximate surface area is 140 Å². The van der Waals surface area contributed by atoms with E-state index in [2.05, 4.69) is 28.5 Å². The third-order valence-corrected chi connectivity index (χ3v) is 4.37. The number of hydrogen-bond donors (Lipinski definition) is 1. The van der Waals surface area contributed by atoms with Gasteiger partial charge in [0.25, 0.3) is 0 Å². The first-order chi connectivity index (χ1) is 9.93. The van der Waals surface area contributed by atoms with E-state index in [1.165, 1.54) is 7.11 Å². The van der Waals surface area contributed by atoms with Crippen molar-refractivity contribution in [1.82, 2.24) is 0 Å². The van der Waals surface area contributed by atoms with E-state index in [4.69, 9.17) is 11.2 Å². The summed E-state index contributed by atoms with van der Waals surface area (Å²) >= 11 is 2.23. The van der Waals surface area contributed by atoms with Crippen LogP contribution in [0.1, 0.15) is 38.2 Å². The van der Waals surface area contributed by atoms with Crippen LogP contribution < -0.4 is 0 Å². The van der Waals surface area contributed by atoms with Gasteiger partial charge in [0, 0.05) is 3.57 Å². The van der Waals surface area contributed by atoms with Gasteiger partial charge in [0.1, 0.15) is 6.10 Å². The fourth-order valence-electron chi connectivity index (χ4n) is 2.32. The number of terminal acetylenes is 1. The molecule has 0 aliphatic rings. The van der Waals surface area contributed by atoms with Crippen molar-refractivity contribution < 1.29 is 14.6 Å². The summed E-state index contributed by atoms with van der Waals surface area (Å²) < 4.78 is 6.07. The number of aliphatic hydroxyl groups is 1. The maximum absolute atomic E-state index is 12.2. The molecule has 0 bridgehead atoms. The molecule has 0 saturated heterocycles. The van der Waals surface area contributed by atoms with E-state index >= 15 is 0 Å². The molecule has 1 N–H and O–H groups in total. The number of esters is 1. The van der Waals surface area contributed by atoms with Crippen molar-refractivity contribution in [2.24, 2.45) is 0 Å². The highest BCUT2D eigenvalue weighted by molar-refractivity contribution is 14.1. The molecular formula is C17H21IO3. The van der Waals surface area contributed by atoms with Crippen LogP contribution >= 0.6 is 22.6 Å². The number of carbonyl (C=O) groups excluding carboxylic acids is 1. The Morgan fingerprint density at radius 1 is 1.52 bits per heavy atom. The molecule has 0 amide bonds. The van der Waals surface area contributed by atoms with Gasteiger partial charge in [-0.3, -0.25) is 4.79 Å². The maximum Gasteiger partial charge on any atom is 0.315 e. The average molecular weight is 400 g/mol. The zero-order valence-electron chi connectivity index (χ0n) is 12.4. The van der Waals surface area contributed by atoms with E-state index < -0.39 is 11.5 Å². The van der Waals surface area contributed by atoms with Gasteiger partial charge in [0.15, 0.2) is 0 Å². The van der Waals surface area contributed by atoms with Crippen LogP contribution in [0.5, 0.6) is 0 Å². The Bertz CT molecular complexity index is 521. The molecule has 0 radical (unpaired) electrons. The highest BCUT2D eigenvalue weighted by Crippen LogP contribution is 2.32. The number of methoxy groups -OCH3 is 1. The molecule has 21 heavy (non-hydrogen) atoms. The number of rotatable bonds is 7. The molecule has 2 atom stereocenters. The van der Waals surface area contributed by atoms with Crippen LogP contribution in [0, 0.1) is 15.9 Å². The normalized spacial score (nSPS) is 14.8. The molecule has 0 aromatic heterocycles. The summed E-state index contributed by atoms with van der Waals surface area (Å²) in [6.45, 7) is 1.90. The molecule has 0 aliphatic carbocycles. The third kappa shape index (κ3) is 5.01. The molecule has 0 saturated carbocycles. The number of hydrogen-bond acceptors (Lipinski definition) is 3. The topological polar surface area (TPSA) is 46.5 Å². The minimum atomic E-state index is -0.702. The van der Waals surface area contributed by atoms with Crippen molar-refractivity contribution in [3.8, 4) is 12.3 Å². The quantitative estimate of drug-likeness (QED) is 0.331. The number of unbranched alkanes of at least 4 members (excludes halogenated alkanes) is 1. The first-order valence-electron chi connectivity index (χ1n) is 6.92. The lowest BCUT2D eigenvalue weighted by atomic mass is 9.78. The standard InChI is InChI=1S/C17H21IO3/c1-4-15(19)10-5-6-11-17(2,16(20)21-3)13-8-7-9-14(18)12-13/h1,7-9,12,15,19H,5-6,10-11H2,2-3H3. The van der Waals surface area contributed by atoms with E-state index in [1.54, 1.807) is 0 Å². The Kier molecular flexibility index (Phi) is 7.20. The predicted molar refractivity (Wildman–Crippen MR) is 91.8 cm³/mol. The van der Waals surface area contributed by atoms with Crippen LogP contribution in [0.4, 0.5) is 0 Å². The van der Waals surface area contributed by atoms with Gasteiger partial charge < -0.3 is 9.84 Å². The molecule has 1 rings (SSSR count). The van der Waals surface area contributed by atoms with Gasteiger partial charge in [-0.25, -0.2) is 0 Å². The molecule has 114 valence electrons. The maximum atomic E-state index is 12.2. The largest absolute Gasteiger partial charge is 0.468 e. The monoisotopic (exact) mass is 400 g/mol. The third-order valence-electron chi connectivity index (χ3n) is 3.69. The predicted octanol–water partition coefficient (Wildman–Crippen LogP) is 3.28. The Hall–Kier alpha value is -1.06. The second-order valence-corrected chi connectivity index (χ2v) is 6.51. The first kappa shape index (κ1) is 18.0. The van der Waals surface area contributed by atoms with Gasteiger partial charge in [-0.1, -0.05) is 24.5 Å². The average Bonchev–Trinajstić information content (AvgIpc) is 2.50. The Morgan fingerprint density at radius 2 is 2.24 bits per heavy atom. The molecule has 4 heteroatoms. The second kappa shape index (κ2) is 8.40. The fraction of sp³-hybridized carbons (Fsp3) is 0.471. The molecule has 1 aromatic carbocycles. The molecule has 2 unspecified atom stereocenters.